The van der Waals surface area contributed by atoms with E-state index in [1.165, 1.54) is 11.8 Å². The molecular weight excluding hydrogens is 380 g/mol. The van der Waals surface area contributed by atoms with Crippen molar-refractivity contribution in [1.29, 1.82) is 0 Å². The number of amides is 1. The molecule has 29 heavy (non-hydrogen) atoms. The Morgan fingerprint density at radius 1 is 1.21 bits per heavy atom. The standard InChI is InChI=1S/C23H16N4OS/c1-24-23(28)19-9-2-3-11-22(19)29-17-8-6-10-18-20(26-27-21(18)15-17)13-12-16-7-4-5-14-25-16/h2-5,7,9,11,14-15H,8H2,1H3,(H,24,28)(H,26,27). The van der Waals surface area contributed by atoms with E-state index in [9.17, 15) is 4.79 Å². The number of hydrogen-bond donors (Lipinski definition) is 2. The molecule has 0 unspecified atom stereocenters. The third kappa shape index (κ3) is 4.24. The van der Waals surface area contributed by atoms with Crippen LogP contribution >= 0.6 is 11.8 Å². The number of rotatable bonds is 3. The van der Waals surface area contributed by atoms with Gasteiger partial charge in [0.25, 0.3) is 5.91 Å². The third-order valence-corrected chi connectivity index (χ3v) is 5.25. The molecule has 5 nitrogen and oxygen atoms in total. The molecule has 2 aromatic heterocycles. The van der Waals surface area contributed by atoms with Crippen LogP contribution in [0, 0.1) is 23.7 Å². The molecule has 0 fully saturated rings. The van der Waals surface area contributed by atoms with Crippen LogP contribution < -0.4 is 5.32 Å². The third-order valence-electron chi connectivity index (χ3n) is 4.15. The molecule has 3 aromatic rings. The van der Waals surface area contributed by atoms with Crippen LogP contribution in [0.15, 0.2) is 58.5 Å². The van der Waals surface area contributed by atoms with E-state index in [1.807, 2.05) is 48.5 Å². The zero-order chi connectivity index (χ0) is 20.1. The smallest absolute Gasteiger partial charge is 0.252 e. The Hall–Kier alpha value is -3.74. The van der Waals surface area contributed by atoms with Gasteiger partial charge in [0.05, 0.1) is 11.1 Å². The lowest BCUT2D eigenvalue weighted by atomic mass is 10.2. The lowest BCUT2D eigenvalue weighted by Gasteiger charge is -2.08. The monoisotopic (exact) mass is 396 g/mol. The molecule has 1 aliphatic carbocycles. The summed E-state index contributed by atoms with van der Waals surface area (Å²) in [6.45, 7) is 0. The first-order chi connectivity index (χ1) is 14.2. The average Bonchev–Trinajstić information content (AvgIpc) is 3.02. The zero-order valence-electron chi connectivity index (χ0n) is 15.6. The summed E-state index contributed by atoms with van der Waals surface area (Å²) in [5.41, 5.74) is 3.53. The van der Waals surface area contributed by atoms with Gasteiger partial charge in [-0.25, -0.2) is 4.98 Å². The van der Waals surface area contributed by atoms with Crippen molar-refractivity contribution in [3.63, 3.8) is 0 Å². The van der Waals surface area contributed by atoms with E-state index >= 15 is 0 Å². The van der Waals surface area contributed by atoms with Gasteiger partial charge in [-0.3, -0.25) is 9.89 Å². The molecule has 0 spiro atoms. The molecule has 0 saturated heterocycles. The summed E-state index contributed by atoms with van der Waals surface area (Å²) < 4.78 is 0. The summed E-state index contributed by atoms with van der Waals surface area (Å²) in [4.78, 5) is 18.2. The quantitative estimate of drug-likeness (QED) is 0.666. The Balaban J connectivity index is 1.62. The van der Waals surface area contributed by atoms with Crippen molar-refractivity contribution in [1.82, 2.24) is 20.5 Å². The lowest BCUT2D eigenvalue weighted by Crippen LogP contribution is -2.18. The second kappa shape index (κ2) is 8.52. The van der Waals surface area contributed by atoms with Gasteiger partial charge in [-0.05, 0) is 42.2 Å². The first kappa shape index (κ1) is 18.6. The van der Waals surface area contributed by atoms with Crippen molar-refractivity contribution >= 4 is 23.7 Å². The predicted octanol–water partition coefficient (Wildman–Crippen LogP) is 3.45. The molecule has 0 aliphatic heterocycles. The van der Waals surface area contributed by atoms with Crippen molar-refractivity contribution in [2.45, 2.75) is 11.3 Å². The van der Waals surface area contributed by atoms with Gasteiger partial charge in [0.2, 0.25) is 0 Å². The molecule has 1 amide bonds. The molecule has 0 saturated carbocycles. The lowest BCUT2D eigenvalue weighted by molar-refractivity contribution is 0.0960. The highest BCUT2D eigenvalue weighted by atomic mass is 32.2. The van der Waals surface area contributed by atoms with E-state index in [4.69, 9.17) is 0 Å². The summed E-state index contributed by atoms with van der Waals surface area (Å²) in [5, 5.41) is 10.0. The summed E-state index contributed by atoms with van der Waals surface area (Å²) in [6, 6.07) is 13.1. The number of fused-ring (bicyclic) bond motifs is 1. The van der Waals surface area contributed by atoms with Gasteiger partial charge < -0.3 is 5.32 Å². The molecule has 1 aliphatic rings. The number of thioether (sulfide) groups is 1. The van der Waals surface area contributed by atoms with Gasteiger partial charge in [-0.1, -0.05) is 41.8 Å². The molecule has 140 valence electrons. The predicted molar refractivity (Wildman–Crippen MR) is 114 cm³/mol. The number of hydrogen-bond acceptors (Lipinski definition) is 4. The van der Waals surface area contributed by atoms with Crippen LogP contribution in [0.3, 0.4) is 0 Å². The SMILES string of the molecule is CNC(=O)c1ccccc1SC1=Cc2n[nH]c(C#Cc3ccccn3)c2C#CC1. The number of allylic oxidation sites excluding steroid dienone is 1. The molecule has 6 heteroatoms. The molecule has 1 aromatic carbocycles. The van der Waals surface area contributed by atoms with Crippen LogP contribution in [0.1, 0.15) is 39.4 Å². The number of H-pyrrole nitrogens is 1. The number of carbonyl (C=O) groups is 1. The number of nitrogens with one attached hydrogen (secondary N) is 2. The Labute approximate surface area is 173 Å². The van der Waals surface area contributed by atoms with E-state index in [2.05, 4.69) is 44.2 Å². The van der Waals surface area contributed by atoms with Crippen molar-refractivity contribution < 1.29 is 4.79 Å². The second-order valence-electron chi connectivity index (χ2n) is 6.09. The fourth-order valence-corrected chi connectivity index (χ4v) is 3.76. The maximum Gasteiger partial charge on any atom is 0.252 e. The number of aromatic nitrogens is 3. The van der Waals surface area contributed by atoms with Crippen LogP contribution in [0.2, 0.25) is 0 Å². The fraction of sp³-hybridized carbons (Fsp3) is 0.0870. The topological polar surface area (TPSA) is 70.7 Å². The summed E-state index contributed by atoms with van der Waals surface area (Å²) in [7, 11) is 1.63. The number of carbonyl (C=O) groups excluding carboxylic acids is 1. The molecule has 2 heterocycles. The summed E-state index contributed by atoms with van der Waals surface area (Å²) in [6.07, 6.45) is 4.27. The van der Waals surface area contributed by atoms with E-state index in [0.717, 1.165) is 21.1 Å². The first-order valence-electron chi connectivity index (χ1n) is 8.94. The van der Waals surface area contributed by atoms with Gasteiger partial charge in [0.1, 0.15) is 17.1 Å². The molecular formula is C23H16N4OS. The van der Waals surface area contributed by atoms with Crippen LogP contribution in [0.25, 0.3) is 6.08 Å². The Kier molecular flexibility index (Phi) is 5.47. The highest BCUT2D eigenvalue weighted by Crippen LogP contribution is 2.34. The van der Waals surface area contributed by atoms with Gasteiger partial charge in [0.15, 0.2) is 0 Å². The van der Waals surface area contributed by atoms with Crippen molar-refractivity contribution in [3.05, 3.63) is 81.8 Å². The van der Waals surface area contributed by atoms with Crippen molar-refractivity contribution in [2.75, 3.05) is 7.05 Å². The Morgan fingerprint density at radius 3 is 2.90 bits per heavy atom. The Morgan fingerprint density at radius 2 is 2.07 bits per heavy atom. The van der Waals surface area contributed by atoms with Crippen LogP contribution in [-0.2, 0) is 0 Å². The van der Waals surface area contributed by atoms with Crippen molar-refractivity contribution in [2.24, 2.45) is 0 Å². The van der Waals surface area contributed by atoms with Crippen LogP contribution in [0.5, 0.6) is 0 Å². The first-order valence-corrected chi connectivity index (χ1v) is 9.76. The minimum absolute atomic E-state index is 0.110. The molecule has 0 atom stereocenters. The largest absolute Gasteiger partial charge is 0.355 e. The van der Waals surface area contributed by atoms with E-state index in [-0.39, 0.29) is 5.91 Å². The van der Waals surface area contributed by atoms with Crippen LogP contribution in [0.4, 0.5) is 0 Å². The van der Waals surface area contributed by atoms with Gasteiger partial charge in [-0.2, -0.15) is 5.10 Å². The molecule has 4 rings (SSSR count). The van der Waals surface area contributed by atoms with E-state index < -0.39 is 0 Å². The highest BCUT2D eigenvalue weighted by molar-refractivity contribution is 8.03. The summed E-state index contributed by atoms with van der Waals surface area (Å²) in [5.74, 6) is 12.3. The Bertz CT molecular complexity index is 1220. The van der Waals surface area contributed by atoms with Gasteiger partial charge in [0, 0.05) is 29.5 Å². The second-order valence-corrected chi connectivity index (χ2v) is 7.26. The maximum atomic E-state index is 12.1. The van der Waals surface area contributed by atoms with E-state index in [1.54, 1.807) is 13.2 Å². The number of aromatic amines is 1. The average molecular weight is 396 g/mol. The van der Waals surface area contributed by atoms with Gasteiger partial charge >= 0.3 is 0 Å². The maximum absolute atomic E-state index is 12.1. The minimum Gasteiger partial charge on any atom is -0.355 e. The highest BCUT2D eigenvalue weighted by Gasteiger charge is 2.15. The number of benzene rings is 1. The minimum atomic E-state index is -0.110. The summed E-state index contributed by atoms with van der Waals surface area (Å²) >= 11 is 1.53. The molecule has 0 radical (unpaired) electrons. The molecule has 2 N–H and O–H groups in total. The number of pyridine rings is 1. The van der Waals surface area contributed by atoms with Crippen LogP contribution in [-0.4, -0.2) is 28.1 Å². The number of nitrogens with zero attached hydrogens (tertiary/aromatic N) is 2. The van der Waals surface area contributed by atoms with Crippen molar-refractivity contribution in [3.8, 4) is 23.7 Å². The fourth-order valence-electron chi connectivity index (χ4n) is 2.75. The van der Waals surface area contributed by atoms with Gasteiger partial charge in [-0.15, -0.1) is 0 Å². The molecule has 0 bridgehead atoms. The van der Waals surface area contributed by atoms with E-state index in [0.29, 0.717) is 23.4 Å². The normalized spacial score (nSPS) is 11.7. The zero-order valence-corrected chi connectivity index (χ0v) is 16.4.